The molecule has 13 N–H and O–H groups in total. The lowest BCUT2D eigenvalue weighted by molar-refractivity contribution is 0.174. The smallest absolute Gasteiger partial charge is 0.316 e. The number of aliphatic hydroxyl groups is 4. The van der Waals surface area contributed by atoms with Gasteiger partial charge in [-0.1, -0.05) is 60.7 Å². The molecule has 0 aliphatic heterocycles. The molecule has 0 fully saturated rings. The molecule has 0 radical (unpaired) electrons. The standard InChI is InChI=1S/C28H35N3O5.C27H34N2O6S/c29-28(35)31-24-6-3-5-21(16-24)4-1-2-15-36-25-10-7-20(8-11-25)13-14-30-18-27(34)22-9-12-26(33)23(17-22)19-32;28-36(33,34)25-6-3-5-21(16-25)4-1-2-15-35-24-10-7-20(8-11-24)13-14-29-18-27(32)22-9-12-26(31)23(17-22)19-30/h3,5-12,16-17,27,30,32-34H,1-2,4,13-15,18-19H2,(H3,29,31,35);3,5-12,16-17,27,29-32H,1-2,4,13-15,18-19H2,(H2,28,33,34)/t2*27-/m00/s1. The highest BCUT2D eigenvalue weighted by Gasteiger charge is 2.12. The van der Waals surface area contributed by atoms with Crippen LogP contribution < -0.4 is 36.3 Å². The lowest BCUT2D eigenvalue weighted by Crippen LogP contribution is -2.23. The van der Waals surface area contributed by atoms with Gasteiger partial charge in [-0.2, -0.15) is 0 Å². The zero-order valence-corrected chi connectivity index (χ0v) is 41.3. The topological polar surface area (TPSA) is 279 Å². The first kappa shape index (κ1) is 56.4. The van der Waals surface area contributed by atoms with Crippen LogP contribution in [0.25, 0.3) is 0 Å². The Morgan fingerprint density at radius 2 is 1.01 bits per heavy atom. The number of aryl methyl sites for hydroxylation is 2. The van der Waals surface area contributed by atoms with Crippen molar-refractivity contribution >= 4 is 21.7 Å². The number of hydrogen-bond acceptors (Lipinski definition) is 13. The molecule has 0 aromatic heterocycles. The summed E-state index contributed by atoms with van der Waals surface area (Å²) in [5.41, 5.74) is 12.3. The number of primary amides is 1. The molecule has 0 unspecified atom stereocenters. The van der Waals surface area contributed by atoms with E-state index in [9.17, 15) is 43.9 Å². The number of aromatic hydroxyl groups is 2. The second-order valence-electron chi connectivity index (χ2n) is 17.3. The molecule has 6 aromatic rings. The van der Waals surface area contributed by atoms with Crippen LogP contribution >= 0.6 is 0 Å². The van der Waals surface area contributed by atoms with Crippen LogP contribution in [0, 0.1) is 0 Å². The monoisotopic (exact) mass is 1010 g/mol. The average Bonchev–Trinajstić information content (AvgIpc) is 3.37. The molecule has 16 nitrogen and oxygen atoms in total. The number of primary sulfonamides is 1. The normalized spacial score (nSPS) is 12.1. The van der Waals surface area contributed by atoms with Crippen LogP contribution in [0.2, 0.25) is 0 Å². The summed E-state index contributed by atoms with van der Waals surface area (Å²) in [7, 11) is -3.68. The fourth-order valence-electron chi connectivity index (χ4n) is 7.63. The van der Waals surface area contributed by atoms with Crippen molar-refractivity contribution in [1.82, 2.24) is 10.6 Å². The number of aliphatic hydroxyl groups excluding tert-OH is 4. The Morgan fingerprint density at radius 3 is 1.46 bits per heavy atom. The van der Waals surface area contributed by atoms with Gasteiger partial charge < -0.3 is 61.8 Å². The molecule has 0 aliphatic rings. The number of unbranched alkanes of at least 4 members (excludes halogenated alkanes) is 2. The number of carbonyl (C=O) groups excluding carboxylic acids is 1. The van der Waals surface area contributed by atoms with Crippen LogP contribution in [0.5, 0.6) is 23.0 Å². The van der Waals surface area contributed by atoms with Crippen molar-refractivity contribution in [3.8, 4) is 23.0 Å². The van der Waals surface area contributed by atoms with Gasteiger partial charge in [0.1, 0.15) is 23.0 Å². The number of anilines is 1. The molecule has 72 heavy (non-hydrogen) atoms. The van der Waals surface area contributed by atoms with Crippen molar-refractivity contribution in [2.45, 2.75) is 81.7 Å². The van der Waals surface area contributed by atoms with Gasteiger partial charge in [0.25, 0.3) is 0 Å². The first-order chi connectivity index (χ1) is 34.7. The number of benzene rings is 6. The van der Waals surface area contributed by atoms with Crippen molar-refractivity contribution in [2.24, 2.45) is 10.9 Å². The van der Waals surface area contributed by atoms with Gasteiger partial charge in [-0.3, -0.25) is 0 Å². The van der Waals surface area contributed by atoms with Gasteiger partial charge in [-0.25, -0.2) is 18.4 Å². The minimum absolute atomic E-state index is 0.0157. The van der Waals surface area contributed by atoms with Gasteiger partial charge in [-0.05, 0) is 171 Å². The Balaban J connectivity index is 0.000000267. The Bertz CT molecular complexity index is 2690. The minimum Gasteiger partial charge on any atom is -0.508 e. The van der Waals surface area contributed by atoms with Crippen LogP contribution in [-0.4, -0.2) is 84.5 Å². The molecule has 0 aliphatic carbocycles. The Morgan fingerprint density at radius 1 is 0.556 bits per heavy atom. The highest BCUT2D eigenvalue weighted by molar-refractivity contribution is 7.89. The van der Waals surface area contributed by atoms with E-state index in [4.69, 9.17) is 20.3 Å². The Kier molecular flexibility index (Phi) is 23.3. The van der Waals surface area contributed by atoms with E-state index >= 15 is 0 Å². The van der Waals surface area contributed by atoms with Gasteiger partial charge in [0.15, 0.2) is 0 Å². The number of rotatable bonds is 28. The SMILES string of the molecule is NC(=O)Nc1cccc(CCCCOc2ccc(CCNC[C@H](O)c3ccc(O)c(CO)c3)cc2)c1.NS(=O)(=O)c1cccc(CCCCOc2ccc(CCNC[C@H](O)c3ccc(O)c(CO)c3)cc2)c1. The summed E-state index contributed by atoms with van der Waals surface area (Å²) < 4.78 is 34.6. The Labute approximate surface area is 422 Å². The number of nitrogens with one attached hydrogen (secondary N) is 3. The molecular formula is C55H69N5O11S. The minimum atomic E-state index is -3.68. The van der Waals surface area contributed by atoms with Gasteiger partial charge in [0, 0.05) is 29.9 Å². The summed E-state index contributed by atoms with van der Waals surface area (Å²) >= 11 is 0. The van der Waals surface area contributed by atoms with Crippen molar-refractivity contribution in [3.63, 3.8) is 0 Å². The van der Waals surface area contributed by atoms with E-state index in [2.05, 4.69) is 16.0 Å². The molecule has 17 heteroatoms. The molecule has 0 saturated carbocycles. The molecule has 0 heterocycles. The average molecular weight is 1010 g/mol. The van der Waals surface area contributed by atoms with E-state index in [1.807, 2.05) is 78.9 Å². The largest absolute Gasteiger partial charge is 0.508 e. The second-order valence-corrected chi connectivity index (χ2v) is 18.9. The summed E-state index contributed by atoms with van der Waals surface area (Å²) in [5.74, 6) is 1.67. The van der Waals surface area contributed by atoms with Crippen molar-refractivity contribution in [2.75, 3.05) is 44.7 Å². The van der Waals surface area contributed by atoms with Crippen LogP contribution in [0.1, 0.15) is 82.4 Å². The maximum absolute atomic E-state index is 11.5. The van der Waals surface area contributed by atoms with E-state index in [0.717, 1.165) is 79.6 Å². The first-order valence-electron chi connectivity index (χ1n) is 24.0. The maximum Gasteiger partial charge on any atom is 0.316 e. The second kappa shape index (κ2) is 29.7. The summed E-state index contributed by atoms with van der Waals surface area (Å²) in [4.78, 5) is 11.1. The zero-order valence-electron chi connectivity index (χ0n) is 40.5. The van der Waals surface area contributed by atoms with Crippen molar-refractivity contribution in [1.29, 1.82) is 0 Å². The van der Waals surface area contributed by atoms with Crippen LogP contribution in [-0.2, 0) is 48.9 Å². The molecule has 386 valence electrons. The summed E-state index contributed by atoms with van der Waals surface area (Å²) in [5, 5.41) is 72.7. The van der Waals surface area contributed by atoms with Gasteiger partial charge in [0.2, 0.25) is 10.0 Å². The molecule has 6 aromatic carbocycles. The summed E-state index contributed by atoms with van der Waals surface area (Å²) in [6.07, 6.45) is 5.41. The molecule has 2 atom stereocenters. The number of carbonyl (C=O) groups is 1. The van der Waals surface area contributed by atoms with E-state index in [-0.39, 0.29) is 29.6 Å². The van der Waals surface area contributed by atoms with Gasteiger partial charge in [-0.15, -0.1) is 0 Å². The quantitative estimate of drug-likeness (QED) is 0.0236. The third-order valence-electron chi connectivity index (χ3n) is 11.7. The lowest BCUT2D eigenvalue weighted by atomic mass is 10.1. The molecule has 0 bridgehead atoms. The zero-order chi connectivity index (χ0) is 51.7. The first-order valence-corrected chi connectivity index (χ1v) is 25.6. The van der Waals surface area contributed by atoms with Crippen LogP contribution in [0.15, 0.2) is 138 Å². The van der Waals surface area contributed by atoms with E-state index < -0.39 is 28.3 Å². The number of urea groups is 1. The summed E-state index contributed by atoms with van der Waals surface area (Å²) in [6, 6.07) is 39.2. The highest BCUT2D eigenvalue weighted by Crippen LogP contribution is 2.24. The predicted molar refractivity (Wildman–Crippen MR) is 278 cm³/mol. The van der Waals surface area contributed by atoms with Crippen molar-refractivity contribution < 1.29 is 53.3 Å². The molecule has 0 saturated heterocycles. The fraction of sp³-hybridized carbons (Fsp3) is 0.327. The molecular weight excluding hydrogens is 939 g/mol. The highest BCUT2D eigenvalue weighted by atomic mass is 32.2. The number of phenols is 2. The third kappa shape index (κ3) is 19.9. The van der Waals surface area contributed by atoms with Gasteiger partial charge in [0.05, 0.1) is 43.5 Å². The number of hydrogen-bond donors (Lipinski definition) is 11. The summed E-state index contributed by atoms with van der Waals surface area (Å²) in [6.45, 7) is 2.79. The van der Waals surface area contributed by atoms with Crippen molar-refractivity contribution in [3.05, 3.63) is 178 Å². The van der Waals surface area contributed by atoms with Gasteiger partial charge >= 0.3 is 6.03 Å². The molecule has 6 rings (SSSR count). The fourth-order valence-corrected chi connectivity index (χ4v) is 8.21. The van der Waals surface area contributed by atoms with E-state index in [1.165, 1.54) is 23.8 Å². The molecule has 0 spiro atoms. The van der Waals surface area contributed by atoms with E-state index in [1.54, 1.807) is 36.4 Å². The Hall–Kier alpha value is -6.54. The van der Waals surface area contributed by atoms with Crippen LogP contribution in [0.3, 0.4) is 0 Å². The number of ether oxygens (including phenoxy) is 2. The number of nitrogens with two attached hydrogens (primary N) is 2. The number of amides is 2. The van der Waals surface area contributed by atoms with Crippen LogP contribution in [0.4, 0.5) is 10.5 Å². The maximum atomic E-state index is 11.5. The lowest BCUT2D eigenvalue weighted by Gasteiger charge is -2.14. The molecule has 2 amide bonds. The van der Waals surface area contributed by atoms with E-state index in [0.29, 0.717) is 67.3 Å². The third-order valence-corrected chi connectivity index (χ3v) is 12.6. The number of sulfonamides is 1. The predicted octanol–water partition coefficient (Wildman–Crippen LogP) is 6.44.